The maximum absolute atomic E-state index is 11.7. The highest BCUT2D eigenvalue weighted by atomic mass is 79.9. The molecule has 4 nitrogen and oxygen atoms in total. The Morgan fingerprint density at radius 2 is 1.28 bits per heavy atom. The molecule has 0 fully saturated rings. The van der Waals surface area contributed by atoms with Crippen LogP contribution in [-0.4, -0.2) is 25.2 Å². The van der Waals surface area contributed by atoms with E-state index in [1.54, 1.807) is 0 Å². The molecule has 0 saturated carbocycles. The number of hydrogen-bond acceptors (Lipinski definition) is 4. The molecular weight excluding hydrogens is 432 g/mol. The van der Waals surface area contributed by atoms with Crippen molar-refractivity contribution in [3.05, 3.63) is 34.3 Å². The van der Waals surface area contributed by atoms with E-state index in [0.29, 0.717) is 19.6 Å². The van der Waals surface area contributed by atoms with Gasteiger partial charge in [0.15, 0.2) is 0 Å². The summed E-state index contributed by atoms with van der Waals surface area (Å²) in [5.74, 6) is -0.670. The highest BCUT2D eigenvalue weighted by Crippen LogP contribution is 2.16. The molecule has 1 rings (SSSR count). The molecule has 0 N–H and O–H groups in total. The van der Waals surface area contributed by atoms with Crippen molar-refractivity contribution < 1.29 is 19.1 Å². The summed E-state index contributed by atoms with van der Waals surface area (Å²) in [5, 5.41) is 0. The number of unbranched alkanes of at least 4 members (excludes halogenated alkanes) is 9. The third-order valence-corrected chi connectivity index (χ3v) is 5.66. The van der Waals surface area contributed by atoms with Crippen molar-refractivity contribution >= 4 is 27.9 Å². The number of esters is 2. The first-order valence-electron chi connectivity index (χ1n) is 11.2. The molecule has 0 bridgehead atoms. The van der Waals surface area contributed by atoms with Gasteiger partial charge in [-0.3, -0.25) is 9.59 Å². The number of ether oxygens (including phenoxy) is 2. The molecule has 0 atom stereocenters. The maximum Gasteiger partial charge on any atom is 0.306 e. The molecule has 164 valence electrons. The van der Waals surface area contributed by atoms with E-state index in [0.717, 1.165) is 22.9 Å². The van der Waals surface area contributed by atoms with Crippen molar-refractivity contribution in [3.8, 4) is 0 Å². The minimum Gasteiger partial charge on any atom is -0.466 e. The quantitative estimate of drug-likeness (QED) is 0.186. The van der Waals surface area contributed by atoms with Gasteiger partial charge in [0.2, 0.25) is 0 Å². The van der Waals surface area contributed by atoms with Gasteiger partial charge in [-0.25, -0.2) is 0 Å². The van der Waals surface area contributed by atoms with E-state index in [-0.39, 0.29) is 24.8 Å². The highest BCUT2D eigenvalue weighted by molar-refractivity contribution is 9.10. The number of carbonyl (C=O) groups excluding carboxylic acids is 2. The molecule has 0 spiro atoms. The summed E-state index contributed by atoms with van der Waals surface area (Å²) in [7, 11) is 0. The summed E-state index contributed by atoms with van der Waals surface area (Å²) in [6.07, 6.45) is 13.3. The topological polar surface area (TPSA) is 52.6 Å². The monoisotopic (exact) mass is 468 g/mol. The van der Waals surface area contributed by atoms with E-state index in [9.17, 15) is 9.59 Å². The Morgan fingerprint density at radius 1 is 0.759 bits per heavy atom. The molecule has 0 unspecified atom stereocenters. The third-order valence-electron chi connectivity index (χ3n) is 4.89. The first-order valence-corrected chi connectivity index (χ1v) is 12.0. The molecule has 0 saturated heterocycles. The van der Waals surface area contributed by atoms with E-state index in [1.165, 1.54) is 51.4 Å². The molecule has 0 radical (unpaired) electrons. The lowest BCUT2D eigenvalue weighted by Gasteiger charge is -2.07. The number of rotatable bonds is 17. The smallest absolute Gasteiger partial charge is 0.306 e. The van der Waals surface area contributed by atoms with Crippen LogP contribution in [0.2, 0.25) is 0 Å². The Balaban J connectivity index is 1.92. The van der Waals surface area contributed by atoms with Crippen LogP contribution in [0, 0.1) is 0 Å². The van der Waals surface area contributed by atoms with Gasteiger partial charge in [0, 0.05) is 10.9 Å². The zero-order valence-corrected chi connectivity index (χ0v) is 19.5. The van der Waals surface area contributed by atoms with Crippen molar-refractivity contribution in [1.82, 2.24) is 0 Å². The zero-order chi connectivity index (χ0) is 21.2. The zero-order valence-electron chi connectivity index (χ0n) is 17.9. The third kappa shape index (κ3) is 14.3. The molecule has 0 amide bonds. The number of carbonyl (C=O) groups is 2. The van der Waals surface area contributed by atoms with Crippen LogP contribution in [0.15, 0.2) is 28.7 Å². The average Bonchev–Trinajstić information content (AvgIpc) is 2.72. The van der Waals surface area contributed by atoms with Crippen LogP contribution >= 0.6 is 15.9 Å². The lowest BCUT2D eigenvalue weighted by atomic mass is 10.1. The fourth-order valence-electron chi connectivity index (χ4n) is 3.10. The Labute approximate surface area is 184 Å². The molecule has 0 aromatic heterocycles. The van der Waals surface area contributed by atoms with E-state index < -0.39 is 0 Å². The normalized spacial score (nSPS) is 10.7. The largest absolute Gasteiger partial charge is 0.466 e. The first-order chi connectivity index (χ1) is 14.1. The minimum absolute atomic E-state index is 0.0762. The van der Waals surface area contributed by atoms with Crippen LogP contribution in [0.3, 0.4) is 0 Å². The van der Waals surface area contributed by atoms with Crippen LogP contribution in [0.5, 0.6) is 0 Å². The first kappa shape index (κ1) is 25.7. The molecular formula is C24H37BrO4. The van der Waals surface area contributed by atoms with Gasteiger partial charge >= 0.3 is 11.9 Å². The maximum atomic E-state index is 11.7. The van der Waals surface area contributed by atoms with Gasteiger partial charge in [0.05, 0.1) is 26.1 Å². The van der Waals surface area contributed by atoms with Gasteiger partial charge in [-0.1, -0.05) is 98.8 Å². The van der Waals surface area contributed by atoms with Gasteiger partial charge in [-0.05, 0) is 18.1 Å². The van der Waals surface area contributed by atoms with Crippen LogP contribution in [0.25, 0.3) is 0 Å². The van der Waals surface area contributed by atoms with Crippen LogP contribution in [0.1, 0.15) is 89.5 Å². The second kappa shape index (κ2) is 17.5. The van der Waals surface area contributed by atoms with E-state index >= 15 is 0 Å². The van der Waals surface area contributed by atoms with Gasteiger partial charge in [0.1, 0.15) is 0 Å². The Kier molecular flexibility index (Phi) is 15.5. The summed E-state index contributed by atoms with van der Waals surface area (Å²) >= 11 is 3.47. The molecule has 0 aliphatic carbocycles. The lowest BCUT2D eigenvalue weighted by molar-refractivity contribution is -0.150. The molecule has 0 aliphatic rings. The molecule has 5 heteroatoms. The van der Waals surface area contributed by atoms with Crippen LogP contribution in [-0.2, 0) is 25.5 Å². The van der Waals surface area contributed by atoms with Crippen LogP contribution in [0.4, 0.5) is 0 Å². The summed E-state index contributed by atoms with van der Waals surface area (Å²) in [6.45, 7) is 3.01. The van der Waals surface area contributed by atoms with Crippen molar-refractivity contribution in [2.24, 2.45) is 0 Å². The van der Waals surface area contributed by atoms with Crippen molar-refractivity contribution in [2.45, 2.75) is 90.4 Å². The Morgan fingerprint density at radius 3 is 1.86 bits per heavy atom. The standard InChI is InChI=1S/C24H37BrO4/c1-2-3-4-5-6-7-8-9-10-13-19-28-23(26)16-17-24(27)29-20-18-21-14-11-12-15-22(21)25/h11-12,14-15H,2-10,13,16-20H2,1H3. The number of benzene rings is 1. The molecule has 1 aromatic rings. The average molecular weight is 469 g/mol. The predicted molar refractivity (Wildman–Crippen MR) is 121 cm³/mol. The van der Waals surface area contributed by atoms with E-state index in [2.05, 4.69) is 22.9 Å². The van der Waals surface area contributed by atoms with Gasteiger partial charge in [-0.15, -0.1) is 0 Å². The minimum atomic E-state index is -0.354. The second-order valence-electron chi connectivity index (χ2n) is 7.46. The predicted octanol–water partition coefficient (Wildman–Crippen LogP) is 6.78. The number of halogens is 1. The van der Waals surface area contributed by atoms with E-state index in [4.69, 9.17) is 9.47 Å². The van der Waals surface area contributed by atoms with Crippen molar-refractivity contribution in [1.29, 1.82) is 0 Å². The molecule has 29 heavy (non-hydrogen) atoms. The fraction of sp³-hybridized carbons (Fsp3) is 0.667. The molecule has 0 heterocycles. The summed E-state index contributed by atoms with van der Waals surface area (Å²) < 4.78 is 11.4. The Bertz CT molecular complexity index is 574. The van der Waals surface area contributed by atoms with Gasteiger partial charge < -0.3 is 9.47 Å². The lowest BCUT2D eigenvalue weighted by Crippen LogP contribution is -2.12. The van der Waals surface area contributed by atoms with Gasteiger partial charge in [-0.2, -0.15) is 0 Å². The Hall–Kier alpha value is -1.36. The van der Waals surface area contributed by atoms with Gasteiger partial charge in [0.25, 0.3) is 0 Å². The molecule has 1 aromatic carbocycles. The number of hydrogen-bond donors (Lipinski definition) is 0. The summed E-state index contributed by atoms with van der Waals surface area (Å²) in [4.78, 5) is 23.5. The van der Waals surface area contributed by atoms with E-state index in [1.807, 2.05) is 24.3 Å². The highest BCUT2D eigenvalue weighted by Gasteiger charge is 2.09. The fourth-order valence-corrected chi connectivity index (χ4v) is 3.58. The molecule has 0 aliphatic heterocycles. The SMILES string of the molecule is CCCCCCCCCCCCOC(=O)CCC(=O)OCCc1ccccc1Br. The van der Waals surface area contributed by atoms with Crippen molar-refractivity contribution in [2.75, 3.05) is 13.2 Å². The second-order valence-corrected chi connectivity index (χ2v) is 8.32. The van der Waals surface area contributed by atoms with Crippen LogP contribution < -0.4 is 0 Å². The summed E-state index contributed by atoms with van der Waals surface area (Å²) in [5.41, 5.74) is 1.09. The summed E-state index contributed by atoms with van der Waals surface area (Å²) in [6, 6.07) is 7.85. The van der Waals surface area contributed by atoms with Crippen molar-refractivity contribution in [3.63, 3.8) is 0 Å².